The summed E-state index contributed by atoms with van der Waals surface area (Å²) in [6.45, 7) is 0. The van der Waals surface area contributed by atoms with Gasteiger partial charge in [-0.3, -0.25) is 0 Å². The third kappa shape index (κ3) is 5.03. The second-order valence-electron chi connectivity index (χ2n) is 3.36. The molecule has 15 heavy (non-hydrogen) atoms. The Balaban J connectivity index is 2.36. The van der Waals surface area contributed by atoms with Crippen molar-refractivity contribution in [3.05, 3.63) is 35.9 Å². The van der Waals surface area contributed by atoms with Crippen molar-refractivity contribution in [3.63, 3.8) is 0 Å². The molecule has 0 N–H and O–H groups in total. The van der Waals surface area contributed by atoms with E-state index in [9.17, 15) is 0 Å². The van der Waals surface area contributed by atoms with Crippen molar-refractivity contribution >= 4 is 22.0 Å². The van der Waals surface area contributed by atoms with Crippen LogP contribution in [0.1, 0.15) is 24.8 Å². The highest BCUT2D eigenvalue weighted by atomic mass is 79.9. The summed E-state index contributed by atoms with van der Waals surface area (Å²) < 4.78 is 5.10. The lowest BCUT2D eigenvalue weighted by molar-refractivity contribution is 0.415. The van der Waals surface area contributed by atoms with Crippen LogP contribution in [-0.4, -0.2) is 12.4 Å². The van der Waals surface area contributed by atoms with Crippen LogP contribution in [0.5, 0.6) is 5.75 Å². The zero-order chi connectivity index (χ0) is 10.9. The molecule has 1 aromatic carbocycles. The van der Waals surface area contributed by atoms with E-state index in [1.54, 1.807) is 7.11 Å². The van der Waals surface area contributed by atoms with Crippen molar-refractivity contribution in [2.24, 2.45) is 0 Å². The summed E-state index contributed by atoms with van der Waals surface area (Å²) in [7, 11) is 1.69. The van der Waals surface area contributed by atoms with E-state index < -0.39 is 0 Å². The van der Waals surface area contributed by atoms with Crippen molar-refractivity contribution < 1.29 is 4.74 Å². The molecule has 0 spiro atoms. The number of ether oxygens (including phenoxy) is 1. The Labute approximate surface area is 100 Å². The number of halogens is 1. The molecule has 82 valence electrons. The van der Waals surface area contributed by atoms with E-state index in [0.717, 1.165) is 17.5 Å². The third-order valence-electron chi connectivity index (χ3n) is 2.18. The van der Waals surface area contributed by atoms with Crippen LogP contribution in [0.25, 0.3) is 6.08 Å². The molecule has 0 aliphatic rings. The summed E-state index contributed by atoms with van der Waals surface area (Å²) in [4.78, 5) is 0. The summed E-state index contributed by atoms with van der Waals surface area (Å²) in [5.74, 6) is 0.909. The van der Waals surface area contributed by atoms with Crippen LogP contribution in [-0.2, 0) is 0 Å². The van der Waals surface area contributed by atoms with Crippen molar-refractivity contribution in [2.75, 3.05) is 12.4 Å². The summed E-state index contributed by atoms with van der Waals surface area (Å²) in [5.41, 5.74) is 1.23. The molecule has 0 aliphatic carbocycles. The Morgan fingerprint density at radius 2 is 1.93 bits per heavy atom. The summed E-state index contributed by atoms with van der Waals surface area (Å²) in [6, 6.07) is 8.11. The molecular formula is C13H17BrO. The average Bonchev–Trinajstić information content (AvgIpc) is 2.30. The largest absolute Gasteiger partial charge is 0.497 e. The van der Waals surface area contributed by atoms with Crippen molar-refractivity contribution in [2.45, 2.75) is 19.3 Å². The fourth-order valence-corrected chi connectivity index (χ4v) is 1.69. The van der Waals surface area contributed by atoms with E-state index in [1.165, 1.54) is 18.4 Å². The predicted octanol–water partition coefficient (Wildman–Crippen LogP) is 4.27. The quantitative estimate of drug-likeness (QED) is 0.553. The molecule has 0 aliphatic heterocycles. The summed E-state index contributed by atoms with van der Waals surface area (Å²) in [5, 5.41) is 1.10. The third-order valence-corrected chi connectivity index (χ3v) is 2.74. The highest BCUT2D eigenvalue weighted by Gasteiger charge is 1.89. The number of hydrogen-bond acceptors (Lipinski definition) is 1. The van der Waals surface area contributed by atoms with Gasteiger partial charge in [0.15, 0.2) is 0 Å². The van der Waals surface area contributed by atoms with E-state index in [4.69, 9.17) is 4.74 Å². The maximum Gasteiger partial charge on any atom is 0.118 e. The topological polar surface area (TPSA) is 9.23 Å². The predicted molar refractivity (Wildman–Crippen MR) is 69.7 cm³/mol. The number of alkyl halides is 1. The van der Waals surface area contributed by atoms with Crippen molar-refractivity contribution in [1.29, 1.82) is 0 Å². The molecule has 0 heterocycles. The fraction of sp³-hybridized carbons (Fsp3) is 0.385. The second kappa shape index (κ2) is 7.52. The van der Waals surface area contributed by atoms with Gasteiger partial charge in [0.1, 0.15) is 5.75 Å². The smallest absolute Gasteiger partial charge is 0.118 e. The van der Waals surface area contributed by atoms with Gasteiger partial charge in [0.2, 0.25) is 0 Å². The summed E-state index contributed by atoms with van der Waals surface area (Å²) >= 11 is 3.42. The number of allylic oxidation sites excluding steroid dienone is 1. The zero-order valence-corrected chi connectivity index (χ0v) is 10.7. The number of hydrogen-bond donors (Lipinski definition) is 0. The molecule has 0 unspecified atom stereocenters. The zero-order valence-electron chi connectivity index (χ0n) is 9.08. The Bertz CT molecular complexity index is 290. The van der Waals surface area contributed by atoms with Crippen LogP contribution in [0.4, 0.5) is 0 Å². The minimum absolute atomic E-state index is 0.909. The molecular weight excluding hydrogens is 252 g/mol. The fourth-order valence-electron chi connectivity index (χ4n) is 1.29. The van der Waals surface area contributed by atoms with Gasteiger partial charge in [0, 0.05) is 5.33 Å². The Hall–Kier alpha value is -0.760. The molecule has 1 rings (SSSR count). The van der Waals surface area contributed by atoms with E-state index in [2.05, 4.69) is 40.2 Å². The van der Waals surface area contributed by atoms with Gasteiger partial charge in [-0.05, 0) is 37.0 Å². The van der Waals surface area contributed by atoms with Crippen LogP contribution >= 0.6 is 15.9 Å². The first kappa shape index (κ1) is 12.3. The molecule has 0 saturated heterocycles. The molecule has 2 heteroatoms. The van der Waals surface area contributed by atoms with E-state index >= 15 is 0 Å². The normalized spacial score (nSPS) is 10.8. The first-order valence-corrected chi connectivity index (χ1v) is 6.35. The molecule has 0 saturated carbocycles. The Morgan fingerprint density at radius 3 is 2.53 bits per heavy atom. The van der Waals surface area contributed by atoms with Gasteiger partial charge in [0.25, 0.3) is 0 Å². The van der Waals surface area contributed by atoms with Crippen LogP contribution in [0.3, 0.4) is 0 Å². The number of methoxy groups -OCH3 is 1. The standard InChI is InChI=1S/C13H17BrO/c1-15-13-9-7-12(8-10-13)6-4-2-3-5-11-14/h4,6-10H,2-3,5,11H2,1H3/b6-4+. The van der Waals surface area contributed by atoms with Gasteiger partial charge in [0.05, 0.1) is 7.11 Å². The molecule has 0 atom stereocenters. The van der Waals surface area contributed by atoms with Crippen LogP contribution in [0.2, 0.25) is 0 Å². The highest BCUT2D eigenvalue weighted by molar-refractivity contribution is 9.09. The molecule has 0 amide bonds. The van der Waals surface area contributed by atoms with Crippen LogP contribution in [0.15, 0.2) is 30.3 Å². The molecule has 0 bridgehead atoms. The molecule has 0 fully saturated rings. The number of rotatable bonds is 6. The van der Waals surface area contributed by atoms with Crippen LogP contribution in [0, 0.1) is 0 Å². The van der Waals surface area contributed by atoms with Crippen molar-refractivity contribution in [3.8, 4) is 5.75 Å². The Morgan fingerprint density at radius 1 is 1.20 bits per heavy atom. The van der Waals surface area contributed by atoms with Crippen molar-refractivity contribution in [1.82, 2.24) is 0 Å². The maximum atomic E-state index is 5.10. The minimum Gasteiger partial charge on any atom is -0.497 e. The molecule has 1 nitrogen and oxygen atoms in total. The Kier molecular flexibility index (Phi) is 6.17. The lowest BCUT2D eigenvalue weighted by atomic mass is 10.1. The monoisotopic (exact) mass is 268 g/mol. The first-order chi connectivity index (χ1) is 7.36. The number of unbranched alkanes of at least 4 members (excludes halogenated alkanes) is 2. The molecule has 0 radical (unpaired) electrons. The SMILES string of the molecule is COc1ccc(/C=C/CCCCBr)cc1. The van der Waals surface area contributed by atoms with Gasteiger partial charge < -0.3 is 4.74 Å². The first-order valence-electron chi connectivity index (χ1n) is 5.23. The molecule has 0 aromatic heterocycles. The van der Waals surface area contributed by atoms with Gasteiger partial charge in [-0.15, -0.1) is 0 Å². The summed E-state index contributed by atoms with van der Waals surface area (Å²) in [6.07, 6.45) is 8.03. The van der Waals surface area contributed by atoms with E-state index in [0.29, 0.717) is 0 Å². The lowest BCUT2D eigenvalue weighted by Gasteiger charge is -1.99. The van der Waals surface area contributed by atoms with Gasteiger partial charge in [-0.25, -0.2) is 0 Å². The van der Waals surface area contributed by atoms with Crippen LogP contribution < -0.4 is 4.74 Å². The molecule has 1 aromatic rings. The van der Waals surface area contributed by atoms with E-state index in [1.807, 2.05) is 12.1 Å². The second-order valence-corrected chi connectivity index (χ2v) is 4.15. The minimum atomic E-state index is 0.909. The lowest BCUT2D eigenvalue weighted by Crippen LogP contribution is -1.81. The van der Waals surface area contributed by atoms with Gasteiger partial charge >= 0.3 is 0 Å². The van der Waals surface area contributed by atoms with Gasteiger partial charge in [-0.1, -0.05) is 40.2 Å². The van der Waals surface area contributed by atoms with E-state index in [-0.39, 0.29) is 0 Å². The van der Waals surface area contributed by atoms with Gasteiger partial charge in [-0.2, -0.15) is 0 Å². The average molecular weight is 269 g/mol. The number of benzene rings is 1. The highest BCUT2D eigenvalue weighted by Crippen LogP contribution is 2.12. The maximum absolute atomic E-state index is 5.10.